The predicted molar refractivity (Wildman–Crippen MR) is 147 cm³/mol. The molecule has 10 heteroatoms. The van der Waals surface area contributed by atoms with Crippen LogP contribution in [0.2, 0.25) is 10.0 Å². The molecule has 0 bridgehead atoms. The lowest BCUT2D eigenvalue weighted by Gasteiger charge is -2.28. The van der Waals surface area contributed by atoms with E-state index in [4.69, 9.17) is 23.2 Å². The van der Waals surface area contributed by atoms with E-state index in [0.29, 0.717) is 35.5 Å². The Morgan fingerprint density at radius 2 is 1.89 bits per heavy atom. The van der Waals surface area contributed by atoms with E-state index >= 15 is 0 Å². The first kappa shape index (κ1) is 27.1. The van der Waals surface area contributed by atoms with Crippen molar-refractivity contribution in [1.29, 1.82) is 0 Å². The minimum Gasteiger partial charge on any atom is -0.338 e. The number of amides is 3. The van der Waals surface area contributed by atoms with Gasteiger partial charge in [0.15, 0.2) is 5.13 Å². The Morgan fingerprint density at radius 3 is 2.62 bits per heavy atom. The topological polar surface area (TPSA) is 82.6 Å². The molecule has 0 saturated heterocycles. The van der Waals surface area contributed by atoms with Gasteiger partial charge in [0.25, 0.3) is 5.91 Å². The van der Waals surface area contributed by atoms with E-state index in [2.05, 4.69) is 22.4 Å². The highest BCUT2D eigenvalue weighted by atomic mass is 35.5. The number of carbonyl (C=O) groups excluding carboxylic acids is 3. The second-order valence-electron chi connectivity index (χ2n) is 9.41. The molecular formula is C27H28Cl2N4O3S. The molecule has 0 saturated carbocycles. The number of anilines is 1. The number of hydrogen-bond donors (Lipinski definition) is 1. The van der Waals surface area contributed by atoms with Gasteiger partial charge in [0.2, 0.25) is 11.8 Å². The molecule has 0 spiro atoms. The molecule has 0 radical (unpaired) electrons. The number of carbonyl (C=O) groups is 3. The maximum atomic E-state index is 13.1. The van der Waals surface area contributed by atoms with Crippen LogP contribution in [0.5, 0.6) is 0 Å². The van der Waals surface area contributed by atoms with Crippen molar-refractivity contribution in [2.45, 2.75) is 33.2 Å². The van der Waals surface area contributed by atoms with Crippen molar-refractivity contribution in [1.82, 2.24) is 14.8 Å². The smallest absolute Gasteiger partial charge is 0.255 e. The number of nitrogens with one attached hydrogen (secondary N) is 1. The number of halogens is 2. The highest BCUT2D eigenvalue weighted by Gasteiger charge is 2.24. The fraction of sp³-hybridized carbons (Fsp3) is 0.333. The Morgan fingerprint density at radius 1 is 1.14 bits per heavy atom. The van der Waals surface area contributed by atoms with Crippen LogP contribution in [0.4, 0.5) is 5.13 Å². The lowest BCUT2D eigenvalue weighted by atomic mass is 10.00. The maximum Gasteiger partial charge on any atom is 0.255 e. The SMILES string of the molecule is CC(C)CN(CC(=O)Nc1nc(CC(=O)N2CCc3ccccc3C2)cs1)C(=O)c1ccc(Cl)cc1Cl. The van der Waals surface area contributed by atoms with Crippen LogP contribution in [0, 0.1) is 5.92 Å². The van der Waals surface area contributed by atoms with E-state index in [1.807, 2.05) is 30.9 Å². The van der Waals surface area contributed by atoms with E-state index in [1.54, 1.807) is 17.5 Å². The Kier molecular flexibility index (Phi) is 8.84. The fourth-order valence-corrected chi connectivity index (χ4v) is 5.46. The predicted octanol–water partition coefficient (Wildman–Crippen LogP) is 5.31. The summed E-state index contributed by atoms with van der Waals surface area (Å²) in [6.07, 6.45) is 1.01. The molecular weight excluding hydrogens is 531 g/mol. The van der Waals surface area contributed by atoms with Crippen LogP contribution in [0.3, 0.4) is 0 Å². The van der Waals surface area contributed by atoms with Crippen LogP contribution in [0.15, 0.2) is 47.8 Å². The average molecular weight is 560 g/mol. The summed E-state index contributed by atoms with van der Waals surface area (Å²) in [5.41, 5.74) is 3.35. The summed E-state index contributed by atoms with van der Waals surface area (Å²) in [5, 5.41) is 5.58. The summed E-state index contributed by atoms with van der Waals surface area (Å²) in [6, 6.07) is 12.8. The first-order valence-corrected chi connectivity index (χ1v) is 13.7. The van der Waals surface area contributed by atoms with Crippen LogP contribution in [0.1, 0.15) is 41.0 Å². The van der Waals surface area contributed by atoms with E-state index in [1.165, 1.54) is 33.4 Å². The molecule has 2 aromatic carbocycles. The summed E-state index contributed by atoms with van der Waals surface area (Å²) in [4.78, 5) is 46.5. The molecule has 3 aromatic rings. The van der Waals surface area contributed by atoms with Gasteiger partial charge in [0, 0.05) is 30.0 Å². The summed E-state index contributed by atoms with van der Waals surface area (Å²) in [7, 11) is 0. The zero-order chi connectivity index (χ0) is 26.5. The molecule has 194 valence electrons. The van der Waals surface area contributed by atoms with Gasteiger partial charge in [-0.1, -0.05) is 61.3 Å². The Labute approximate surface area is 230 Å². The third kappa shape index (κ3) is 7.09. The molecule has 2 heterocycles. The van der Waals surface area contributed by atoms with Gasteiger partial charge in [0.1, 0.15) is 6.54 Å². The van der Waals surface area contributed by atoms with Crippen molar-refractivity contribution < 1.29 is 14.4 Å². The molecule has 1 aliphatic heterocycles. The van der Waals surface area contributed by atoms with Crippen molar-refractivity contribution >= 4 is 57.4 Å². The highest BCUT2D eigenvalue weighted by Crippen LogP contribution is 2.24. The Balaban J connectivity index is 1.35. The fourth-order valence-electron chi connectivity index (χ4n) is 4.25. The molecule has 1 aromatic heterocycles. The zero-order valence-electron chi connectivity index (χ0n) is 20.7. The molecule has 1 aliphatic rings. The number of benzene rings is 2. The van der Waals surface area contributed by atoms with Crippen LogP contribution < -0.4 is 5.32 Å². The number of thiazole rings is 1. The lowest BCUT2D eigenvalue weighted by molar-refractivity contribution is -0.131. The monoisotopic (exact) mass is 558 g/mol. The van der Waals surface area contributed by atoms with Crippen LogP contribution in [-0.2, 0) is 29.0 Å². The first-order valence-electron chi connectivity index (χ1n) is 12.0. The van der Waals surface area contributed by atoms with Gasteiger partial charge in [-0.2, -0.15) is 0 Å². The van der Waals surface area contributed by atoms with E-state index in [9.17, 15) is 14.4 Å². The number of hydrogen-bond acceptors (Lipinski definition) is 5. The van der Waals surface area contributed by atoms with Gasteiger partial charge in [-0.3, -0.25) is 14.4 Å². The molecule has 4 rings (SSSR count). The zero-order valence-corrected chi connectivity index (χ0v) is 23.0. The van der Waals surface area contributed by atoms with Crippen molar-refractivity contribution in [2.24, 2.45) is 5.92 Å². The first-order chi connectivity index (χ1) is 17.7. The van der Waals surface area contributed by atoms with Gasteiger partial charge >= 0.3 is 0 Å². The normalized spacial score (nSPS) is 12.8. The number of rotatable bonds is 8. The van der Waals surface area contributed by atoms with E-state index in [0.717, 1.165) is 6.42 Å². The summed E-state index contributed by atoms with van der Waals surface area (Å²) < 4.78 is 0. The van der Waals surface area contributed by atoms with E-state index in [-0.39, 0.29) is 47.2 Å². The lowest BCUT2D eigenvalue weighted by Crippen LogP contribution is -2.40. The minimum atomic E-state index is -0.376. The van der Waals surface area contributed by atoms with Crippen LogP contribution >= 0.6 is 34.5 Å². The van der Waals surface area contributed by atoms with E-state index < -0.39 is 0 Å². The Bertz CT molecular complexity index is 1310. The molecule has 1 N–H and O–H groups in total. The molecule has 7 nitrogen and oxygen atoms in total. The summed E-state index contributed by atoms with van der Waals surface area (Å²) in [6.45, 7) is 5.43. The number of nitrogens with zero attached hydrogens (tertiary/aromatic N) is 3. The van der Waals surface area contributed by atoms with Gasteiger partial charge < -0.3 is 15.1 Å². The van der Waals surface area contributed by atoms with Crippen molar-refractivity contribution in [3.05, 3.63) is 80.3 Å². The van der Waals surface area contributed by atoms with Gasteiger partial charge in [-0.15, -0.1) is 11.3 Å². The summed E-state index contributed by atoms with van der Waals surface area (Å²) in [5.74, 6) is -0.578. The third-order valence-electron chi connectivity index (χ3n) is 5.98. The van der Waals surface area contributed by atoms with Crippen molar-refractivity contribution in [3.8, 4) is 0 Å². The Hall–Kier alpha value is -2.94. The molecule has 0 aliphatic carbocycles. The van der Waals surface area contributed by atoms with Gasteiger partial charge in [-0.05, 0) is 41.7 Å². The molecule has 0 atom stereocenters. The maximum absolute atomic E-state index is 13.1. The quantitative estimate of drug-likeness (QED) is 0.406. The second kappa shape index (κ2) is 12.1. The molecule has 3 amide bonds. The minimum absolute atomic E-state index is 0.00577. The van der Waals surface area contributed by atoms with Gasteiger partial charge in [-0.25, -0.2) is 4.98 Å². The number of aromatic nitrogens is 1. The van der Waals surface area contributed by atoms with Crippen LogP contribution in [0.25, 0.3) is 0 Å². The van der Waals surface area contributed by atoms with Crippen molar-refractivity contribution in [3.63, 3.8) is 0 Å². The molecule has 37 heavy (non-hydrogen) atoms. The second-order valence-corrected chi connectivity index (χ2v) is 11.1. The van der Waals surface area contributed by atoms with Gasteiger partial charge in [0.05, 0.1) is 22.7 Å². The van der Waals surface area contributed by atoms with Crippen molar-refractivity contribution in [2.75, 3.05) is 25.0 Å². The van der Waals surface area contributed by atoms with Crippen LogP contribution in [-0.4, -0.2) is 52.1 Å². The highest BCUT2D eigenvalue weighted by molar-refractivity contribution is 7.13. The third-order valence-corrected chi connectivity index (χ3v) is 7.34. The average Bonchev–Trinajstić information content (AvgIpc) is 3.29. The largest absolute Gasteiger partial charge is 0.338 e. The standard InChI is InChI=1S/C27H28Cl2N4O3S/c1-17(2)13-33(26(36)22-8-7-20(28)11-23(22)29)15-24(34)31-27-30-21(16-37-27)12-25(35)32-10-9-18-5-3-4-6-19(18)14-32/h3-8,11,16-17H,9-10,12-15H2,1-2H3,(H,30,31,34). The summed E-state index contributed by atoms with van der Waals surface area (Å²) >= 11 is 13.4. The molecule has 0 unspecified atom stereocenters. The molecule has 0 fully saturated rings. The number of fused-ring (bicyclic) bond motifs is 1.